The van der Waals surface area contributed by atoms with E-state index in [1.165, 1.54) is 0 Å². The standard InChI is InChI=1S/C16H13ClN2O/c1-20-16-5-3-2-4-15(16)19-11-13(10-18)12-6-8-14(17)9-7-12/h2-9,11,19H,1H3/b13-11-. The predicted molar refractivity (Wildman–Crippen MR) is 81.7 cm³/mol. The molecule has 0 amide bonds. The van der Waals surface area contributed by atoms with Gasteiger partial charge in [-0.25, -0.2) is 0 Å². The summed E-state index contributed by atoms with van der Waals surface area (Å²) in [5.41, 5.74) is 2.13. The summed E-state index contributed by atoms with van der Waals surface area (Å²) in [6.07, 6.45) is 1.65. The number of allylic oxidation sites excluding steroid dienone is 1. The topological polar surface area (TPSA) is 45.0 Å². The van der Waals surface area contributed by atoms with Crippen molar-refractivity contribution in [2.45, 2.75) is 0 Å². The van der Waals surface area contributed by atoms with Gasteiger partial charge in [0.05, 0.1) is 18.4 Å². The van der Waals surface area contributed by atoms with Crippen molar-refractivity contribution in [2.75, 3.05) is 12.4 Å². The Morgan fingerprint density at radius 2 is 1.90 bits per heavy atom. The number of halogens is 1. The Bertz CT molecular complexity index is 657. The molecule has 0 bridgehead atoms. The molecule has 2 rings (SSSR count). The highest BCUT2D eigenvalue weighted by Gasteiger charge is 2.02. The summed E-state index contributed by atoms with van der Waals surface area (Å²) in [5, 5.41) is 13.0. The Morgan fingerprint density at radius 3 is 2.55 bits per heavy atom. The first-order valence-electron chi connectivity index (χ1n) is 6.00. The average Bonchev–Trinajstić information content (AvgIpc) is 2.50. The van der Waals surface area contributed by atoms with Gasteiger partial charge < -0.3 is 10.1 Å². The minimum atomic E-state index is 0.521. The number of benzene rings is 2. The molecule has 0 fully saturated rings. The van der Waals surface area contributed by atoms with E-state index in [0.29, 0.717) is 10.6 Å². The third kappa shape index (κ3) is 3.31. The largest absolute Gasteiger partial charge is 0.495 e. The van der Waals surface area contributed by atoms with E-state index in [1.54, 1.807) is 37.6 Å². The van der Waals surface area contributed by atoms with Gasteiger partial charge in [0.15, 0.2) is 0 Å². The van der Waals surface area contributed by atoms with Gasteiger partial charge in [-0.2, -0.15) is 5.26 Å². The van der Waals surface area contributed by atoms with E-state index in [-0.39, 0.29) is 0 Å². The lowest BCUT2D eigenvalue weighted by atomic mass is 10.1. The first kappa shape index (κ1) is 14.0. The average molecular weight is 285 g/mol. The third-order valence-electron chi connectivity index (χ3n) is 2.75. The maximum Gasteiger partial charge on any atom is 0.142 e. The molecule has 0 aliphatic carbocycles. The zero-order chi connectivity index (χ0) is 14.4. The monoisotopic (exact) mass is 284 g/mol. The first-order valence-corrected chi connectivity index (χ1v) is 6.38. The van der Waals surface area contributed by atoms with Crippen molar-refractivity contribution in [2.24, 2.45) is 0 Å². The lowest BCUT2D eigenvalue weighted by molar-refractivity contribution is 0.417. The molecule has 0 aromatic heterocycles. The van der Waals surface area contributed by atoms with Crippen molar-refractivity contribution < 1.29 is 4.74 Å². The normalized spacial score (nSPS) is 10.8. The minimum absolute atomic E-state index is 0.521. The molecular weight excluding hydrogens is 272 g/mol. The van der Waals surface area contributed by atoms with Crippen molar-refractivity contribution in [1.29, 1.82) is 5.26 Å². The highest BCUT2D eigenvalue weighted by molar-refractivity contribution is 6.30. The molecule has 3 nitrogen and oxygen atoms in total. The highest BCUT2D eigenvalue weighted by Crippen LogP contribution is 2.24. The number of nitrogens with one attached hydrogen (secondary N) is 1. The maximum atomic E-state index is 9.23. The SMILES string of the molecule is COc1ccccc1N/C=C(/C#N)c1ccc(Cl)cc1. The number of hydrogen-bond acceptors (Lipinski definition) is 3. The first-order chi connectivity index (χ1) is 9.74. The summed E-state index contributed by atoms with van der Waals surface area (Å²) in [6.45, 7) is 0. The van der Waals surface area contributed by atoms with Crippen LogP contribution in [0.2, 0.25) is 5.02 Å². The summed E-state index contributed by atoms with van der Waals surface area (Å²) in [5.74, 6) is 0.720. The lowest BCUT2D eigenvalue weighted by Gasteiger charge is -2.08. The summed E-state index contributed by atoms with van der Waals surface area (Å²) in [4.78, 5) is 0. The minimum Gasteiger partial charge on any atom is -0.495 e. The molecule has 4 heteroatoms. The molecule has 0 aliphatic rings. The fraction of sp³-hybridized carbons (Fsp3) is 0.0625. The van der Waals surface area contributed by atoms with Crippen molar-refractivity contribution in [3.05, 3.63) is 65.3 Å². The quantitative estimate of drug-likeness (QED) is 0.850. The van der Waals surface area contributed by atoms with Crippen LogP contribution < -0.4 is 10.1 Å². The van der Waals surface area contributed by atoms with Crippen molar-refractivity contribution in [1.82, 2.24) is 0 Å². The molecule has 0 unspecified atom stereocenters. The molecule has 2 aromatic carbocycles. The van der Waals surface area contributed by atoms with Crippen LogP contribution in [0.15, 0.2) is 54.7 Å². The highest BCUT2D eigenvalue weighted by atomic mass is 35.5. The molecule has 0 spiro atoms. The van der Waals surface area contributed by atoms with Crippen LogP contribution in [0, 0.1) is 11.3 Å². The number of rotatable bonds is 4. The third-order valence-corrected chi connectivity index (χ3v) is 3.01. The zero-order valence-corrected chi connectivity index (χ0v) is 11.7. The van der Waals surface area contributed by atoms with Crippen molar-refractivity contribution >= 4 is 22.9 Å². The fourth-order valence-electron chi connectivity index (χ4n) is 1.72. The zero-order valence-electron chi connectivity index (χ0n) is 10.9. The van der Waals surface area contributed by atoms with E-state index < -0.39 is 0 Å². The van der Waals surface area contributed by atoms with Gasteiger partial charge in [-0.05, 0) is 29.8 Å². The molecule has 1 N–H and O–H groups in total. The van der Waals surface area contributed by atoms with E-state index in [4.69, 9.17) is 16.3 Å². The summed E-state index contributed by atoms with van der Waals surface area (Å²) >= 11 is 5.84. The molecular formula is C16H13ClN2O. The van der Waals surface area contributed by atoms with Crippen molar-refractivity contribution in [3.8, 4) is 11.8 Å². The molecule has 0 heterocycles. The van der Waals surface area contributed by atoms with Gasteiger partial charge in [0.25, 0.3) is 0 Å². The summed E-state index contributed by atoms with van der Waals surface area (Å²) < 4.78 is 5.24. The summed E-state index contributed by atoms with van der Waals surface area (Å²) in [7, 11) is 1.61. The van der Waals surface area contributed by atoms with E-state index in [2.05, 4.69) is 11.4 Å². The van der Waals surface area contributed by atoms with Gasteiger partial charge in [0, 0.05) is 11.2 Å². The second-order valence-electron chi connectivity index (χ2n) is 4.02. The molecule has 0 saturated heterocycles. The Morgan fingerprint density at radius 1 is 1.20 bits per heavy atom. The van der Waals surface area contributed by atoms with E-state index in [9.17, 15) is 5.26 Å². The summed E-state index contributed by atoms with van der Waals surface area (Å²) in [6, 6.07) is 16.8. The maximum absolute atomic E-state index is 9.23. The number of nitriles is 1. The van der Waals surface area contributed by atoms with Crippen LogP contribution in [0.4, 0.5) is 5.69 Å². The number of anilines is 1. The number of ether oxygens (including phenoxy) is 1. The van der Waals surface area contributed by atoms with Crippen LogP contribution in [-0.4, -0.2) is 7.11 Å². The number of methoxy groups -OCH3 is 1. The van der Waals surface area contributed by atoms with E-state index in [0.717, 1.165) is 17.0 Å². The van der Waals surface area contributed by atoms with Crippen LogP contribution in [0.5, 0.6) is 5.75 Å². The molecule has 0 atom stereocenters. The Hall–Kier alpha value is -2.44. The second kappa shape index (κ2) is 6.65. The fourth-order valence-corrected chi connectivity index (χ4v) is 1.85. The molecule has 2 aromatic rings. The lowest BCUT2D eigenvalue weighted by Crippen LogP contribution is -1.94. The van der Waals surface area contributed by atoms with Gasteiger partial charge in [-0.1, -0.05) is 35.9 Å². The van der Waals surface area contributed by atoms with Crippen molar-refractivity contribution in [3.63, 3.8) is 0 Å². The van der Waals surface area contributed by atoms with Gasteiger partial charge in [-0.3, -0.25) is 0 Å². The Kier molecular flexibility index (Phi) is 4.65. The second-order valence-corrected chi connectivity index (χ2v) is 4.46. The van der Waals surface area contributed by atoms with Gasteiger partial charge in [-0.15, -0.1) is 0 Å². The van der Waals surface area contributed by atoms with E-state index >= 15 is 0 Å². The van der Waals surface area contributed by atoms with E-state index in [1.807, 2.05) is 24.3 Å². The molecule has 100 valence electrons. The Balaban J connectivity index is 2.24. The molecule has 20 heavy (non-hydrogen) atoms. The molecule has 0 saturated carbocycles. The predicted octanol–water partition coefficient (Wildman–Crippen LogP) is 4.33. The molecule has 0 radical (unpaired) electrons. The number of hydrogen-bond donors (Lipinski definition) is 1. The number of para-hydroxylation sites is 2. The van der Waals surface area contributed by atoms with Crippen LogP contribution in [0.3, 0.4) is 0 Å². The smallest absolute Gasteiger partial charge is 0.142 e. The van der Waals surface area contributed by atoms with Crippen LogP contribution in [0.1, 0.15) is 5.56 Å². The number of nitrogens with zero attached hydrogens (tertiary/aromatic N) is 1. The van der Waals surface area contributed by atoms with Crippen LogP contribution >= 0.6 is 11.6 Å². The van der Waals surface area contributed by atoms with Crippen LogP contribution in [0.25, 0.3) is 5.57 Å². The Labute approximate surface area is 123 Å². The van der Waals surface area contributed by atoms with Crippen LogP contribution in [-0.2, 0) is 0 Å². The van der Waals surface area contributed by atoms with Gasteiger partial charge >= 0.3 is 0 Å². The van der Waals surface area contributed by atoms with Gasteiger partial charge in [0.1, 0.15) is 11.8 Å². The van der Waals surface area contributed by atoms with Gasteiger partial charge in [0.2, 0.25) is 0 Å². The molecule has 0 aliphatic heterocycles.